The Hall–Kier alpha value is -1.24. The number of alkyl halides is 4. The largest absolute Gasteiger partial charge is 0.427 e. The number of nitrogens with zero attached hydrogens (tertiary/aromatic N) is 2. The van der Waals surface area contributed by atoms with Gasteiger partial charge in [-0.3, -0.25) is 0 Å². The summed E-state index contributed by atoms with van der Waals surface area (Å²) in [5.41, 5.74) is 0.252. The van der Waals surface area contributed by atoms with Crippen LogP contribution in [0.15, 0.2) is 29.3 Å². The SMILES string of the molecule is O=S(=O)(c1ccc(F)c(CBr)c1)N1CCC(Nc2ncc(C(F)(F)F)s2)CC1. The van der Waals surface area contributed by atoms with E-state index in [0.29, 0.717) is 24.2 Å². The van der Waals surface area contributed by atoms with Crippen molar-refractivity contribution in [2.24, 2.45) is 0 Å². The van der Waals surface area contributed by atoms with Gasteiger partial charge < -0.3 is 5.32 Å². The van der Waals surface area contributed by atoms with Gasteiger partial charge in [0.1, 0.15) is 10.7 Å². The topological polar surface area (TPSA) is 62.3 Å². The lowest BCUT2D eigenvalue weighted by molar-refractivity contribution is -0.134. The van der Waals surface area contributed by atoms with Crippen molar-refractivity contribution in [2.75, 3.05) is 18.4 Å². The molecule has 0 spiro atoms. The van der Waals surface area contributed by atoms with E-state index >= 15 is 0 Å². The highest BCUT2D eigenvalue weighted by atomic mass is 79.9. The van der Waals surface area contributed by atoms with Crippen molar-refractivity contribution in [3.63, 3.8) is 0 Å². The van der Waals surface area contributed by atoms with Gasteiger partial charge in [0.05, 0.1) is 11.1 Å². The Morgan fingerprint density at radius 1 is 1.29 bits per heavy atom. The van der Waals surface area contributed by atoms with Crippen LogP contribution < -0.4 is 5.32 Å². The Morgan fingerprint density at radius 3 is 2.54 bits per heavy atom. The summed E-state index contributed by atoms with van der Waals surface area (Å²) in [4.78, 5) is 2.97. The monoisotopic (exact) mass is 501 g/mol. The van der Waals surface area contributed by atoms with Gasteiger partial charge in [0.25, 0.3) is 0 Å². The first-order chi connectivity index (χ1) is 13.1. The lowest BCUT2D eigenvalue weighted by Crippen LogP contribution is -2.42. The maximum atomic E-state index is 13.6. The Bertz CT molecular complexity index is 942. The predicted octanol–water partition coefficient (Wildman–Crippen LogP) is 4.46. The second-order valence-corrected chi connectivity index (χ2v) is 9.77. The van der Waals surface area contributed by atoms with Gasteiger partial charge >= 0.3 is 6.18 Å². The van der Waals surface area contributed by atoms with Crippen molar-refractivity contribution >= 4 is 42.4 Å². The van der Waals surface area contributed by atoms with E-state index in [1.165, 1.54) is 16.4 Å². The minimum absolute atomic E-state index is 0.0181. The van der Waals surface area contributed by atoms with Crippen molar-refractivity contribution in [2.45, 2.75) is 35.3 Å². The second kappa shape index (κ2) is 8.25. The summed E-state index contributed by atoms with van der Waals surface area (Å²) in [7, 11) is -3.77. The van der Waals surface area contributed by atoms with Crippen LogP contribution in [0.5, 0.6) is 0 Å². The Balaban J connectivity index is 1.64. The van der Waals surface area contributed by atoms with Gasteiger partial charge in [0.15, 0.2) is 5.13 Å². The molecular formula is C16H16BrF4N3O2S2. The third kappa shape index (κ3) is 4.66. The molecular weight excluding hydrogens is 486 g/mol. The van der Waals surface area contributed by atoms with Crippen LogP contribution in [-0.2, 0) is 21.5 Å². The summed E-state index contributed by atoms with van der Waals surface area (Å²) in [5.74, 6) is -0.486. The number of halogens is 5. The van der Waals surface area contributed by atoms with Crippen LogP contribution in [0.3, 0.4) is 0 Å². The summed E-state index contributed by atoms with van der Waals surface area (Å²) < 4.78 is 78.4. The molecule has 154 valence electrons. The van der Waals surface area contributed by atoms with E-state index in [9.17, 15) is 26.0 Å². The van der Waals surface area contributed by atoms with Crippen molar-refractivity contribution < 1.29 is 26.0 Å². The first-order valence-electron chi connectivity index (χ1n) is 8.25. The standard InChI is InChI=1S/C16H16BrF4N3O2S2/c17-8-10-7-12(1-2-13(10)18)28(25,26)24-5-3-11(4-6-24)23-15-22-9-14(27-15)16(19,20)21/h1-2,7,9,11H,3-6,8H2,(H,22,23). The summed E-state index contributed by atoms with van der Waals surface area (Å²) in [6.45, 7) is 0.414. The molecule has 1 aromatic carbocycles. The summed E-state index contributed by atoms with van der Waals surface area (Å²) in [6, 6.07) is 3.48. The molecule has 12 heteroatoms. The number of benzene rings is 1. The van der Waals surface area contributed by atoms with Crippen molar-refractivity contribution in [3.8, 4) is 0 Å². The summed E-state index contributed by atoms with van der Waals surface area (Å²) in [6.07, 6.45) is -2.81. The number of anilines is 1. The van der Waals surface area contributed by atoms with E-state index in [1.807, 2.05) is 0 Å². The fraction of sp³-hybridized carbons (Fsp3) is 0.438. The van der Waals surface area contributed by atoms with Crippen LogP contribution in [0.1, 0.15) is 23.3 Å². The molecule has 2 heterocycles. The van der Waals surface area contributed by atoms with Gasteiger partial charge in [-0.1, -0.05) is 27.3 Å². The molecule has 0 saturated carbocycles. The number of thiazole rings is 1. The molecule has 1 aromatic heterocycles. The van der Waals surface area contributed by atoms with Gasteiger partial charge in [0.2, 0.25) is 10.0 Å². The molecule has 0 amide bonds. The average molecular weight is 502 g/mol. The Labute approximate surface area is 171 Å². The molecule has 28 heavy (non-hydrogen) atoms. The van der Waals surface area contributed by atoms with E-state index < -0.39 is 26.9 Å². The highest BCUT2D eigenvalue weighted by molar-refractivity contribution is 9.08. The molecule has 1 aliphatic rings. The number of aromatic nitrogens is 1. The van der Waals surface area contributed by atoms with Crippen LogP contribution in [-0.4, -0.2) is 36.8 Å². The maximum absolute atomic E-state index is 13.6. The van der Waals surface area contributed by atoms with Crippen molar-refractivity contribution in [1.82, 2.24) is 9.29 Å². The van der Waals surface area contributed by atoms with E-state index in [1.54, 1.807) is 0 Å². The zero-order valence-electron chi connectivity index (χ0n) is 14.3. The van der Waals surface area contributed by atoms with Gasteiger partial charge in [0, 0.05) is 24.5 Å². The average Bonchev–Trinajstić information content (AvgIpc) is 3.11. The van der Waals surface area contributed by atoms with Crippen molar-refractivity contribution in [3.05, 3.63) is 40.7 Å². The summed E-state index contributed by atoms with van der Waals surface area (Å²) in [5, 5.41) is 3.30. The molecule has 1 saturated heterocycles. The minimum atomic E-state index is -4.43. The molecule has 0 unspecified atom stereocenters. The van der Waals surface area contributed by atoms with Crippen LogP contribution in [0.25, 0.3) is 0 Å². The number of hydrogen-bond acceptors (Lipinski definition) is 5. The zero-order valence-corrected chi connectivity index (χ0v) is 17.6. The molecule has 0 bridgehead atoms. The van der Waals surface area contributed by atoms with Gasteiger partial charge in [-0.2, -0.15) is 17.5 Å². The normalized spacial score (nSPS) is 17.0. The van der Waals surface area contributed by atoms with Crippen LogP contribution in [0.2, 0.25) is 0 Å². The third-order valence-electron chi connectivity index (χ3n) is 4.37. The fourth-order valence-corrected chi connectivity index (χ4v) is 5.56. The van der Waals surface area contributed by atoms with Crippen LogP contribution in [0, 0.1) is 5.82 Å². The Kier molecular flexibility index (Phi) is 6.32. The number of sulfonamides is 1. The highest BCUT2D eigenvalue weighted by Crippen LogP contribution is 2.35. The van der Waals surface area contributed by atoms with E-state index in [2.05, 4.69) is 26.2 Å². The molecule has 0 aliphatic carbocycles. The Morgan fingerprint density at radius 2 is 1.96 bits per heavy atom. The third-order valence-corrected chi connectivity index (χ3v) is 7.84. The zero-order chi connectivity index (χ0) is 20.5. The molecule has 3 rings (SSSR count). The van der Waals surface area contributed by atoms with E-state index in [4.69, 9.17) is 0 Å². The lowest BCUT2D eigenvalue weighted by Gasteiger charge is -2.31. The quantitative estimate of drug-likeness (QED) is 0.485. The van der Waals surface area contributed by atoms with E-state index in [0.717, 1.165) is 12.3 Å². The summed E-state index contributed by atoms with van der Waals surface area (Å²) >= 11 is 3.65. The number of nitrogens with one attached hydrogen (secondary N) is 1. The van der Waals surface area contributed by atoms with Gasteiger partial charge in [-0.25, -0.2) is 17.8 Å². The van der Waals surface area contributed by atoms with Gasteiger partial charge in [-0.05, 0) is 36.6 Å². The molecule has 0 atom stereocenters. The highest BCUT2D eigenvalue weighted by Gasteiger charge is 2.34. The fourth-order valence-electron chi connectivity index (χ4n) is 2.85. The van der Waals surface area contributed by atoms with Gasteiger partial charge in [-0.15, -0.1) is 0 Å². The molecule has 5 nitrogen and oxygen atoms in total. The van der Waals surface area contributed by atoms with Crippen molar-refractivity contribution in [1.29, 1.82) is 0 Å². The smallest absolute Gasteiger partial charge is 0.359 e. The number of rotatable bonds is 5. The van der Waals surface area contributed by atoms with Crippen LogP contribution >= 0.6 is 27.3 Å². The first kappa shape index (κ1) is 21.5. The lowest BCUT2D eigenvalue weighted by atomic mass is 10.1. The molecule has 1 fully saturated rings. The minimum Gasteiger partial charge on any atom is -0.359 e. The van der Waals surface area contributed by atoms with Crippen LogP contribution in [0.4, 0.5) is 22.7 Å². The van der Waals surface area contributed by atoms with E-state index in [-0.39, 0.29) is 40.1 Å². The second-order valence-electron chi connectivity index (χ2n) is 6.24. The predicted molar refractivity (Wildman–Crippen MR) is 102 cm³/mol. The molecule has 1 N–H and O–H groups in total. The molecule has 0 radical (unpaired) electrons. The number of piperidine rings is 1. The maximum Gasteiger partial charge on any atom is 0.427 e. The molecule has 2 aromatic rings. The molecule has 1 aliphatic heterocycles. The number of hydrogen-bond donors (Lipinski definition) is 1. The first-order valence-corrected chi connectivity index (χ1v) is 11.6.